The molecule has 0 heterocycles. The van der Waals surface area contributed by atoms with Gasteiger partial charge in [-0.15, -0.1) is 0 Å². The predicted molar refractivity (Wildman–Crippen MR) is 40.3 cm³/mol. The van der Waals surface area contributed by atoms with Gasteiger partial charge in [0.05, 0.1) is 0 Å². The SMILES string of the molecule is CC(C)(C)[N]=[Nb]([Cl])[Cl].[CH3-]. The standard InChI is InChI=1S/C4H9N.CH3.2ClH.Nb/c1-4(2,3)5;;;;/h1-3H3;1H3;2*1H;/q;-1;;;+2/p-2. The minimum Gasteiger partial charge on any atom is -0.358 e. The summed E-state index contributed by atoms with van der Waals surface area (Å²) in [7, 11) is 11.1. The molecular formula is C5H12Cl2NNb-. The van der Waals surface area contributed by atoms with Gasteiger partial charge >= 0.3 is 64.1 Å². The number of nitrogens with zero attached hydrogens (tertiary/aromatic N) is 1. The maximum absolute atomic E-state index is 5.54. The quantitative estimate of drug-likeness (QED) is 0.461. The van der Waals surface area contributed by atoms with Crippen LogP contribution in [-0.2, 0) is 16.1 Å². The van der Waals surface area contributed by atoms with Gasteiger partial charge in [0, 0.05) is 0 Å². The molecule has 0 saturated carbocycles. The van der Waals surface area contributed by atoms with E-state index in [0.717, 1.165) is 0 Å². The Morgan fingerprint density at radius 1 is 1.22 bits per heavy atom. The molecule has 0 radical (unpaired) electrons. The zero-order valence-electron chi connectivity index (χ0n) is 6.15. The molecular weight excluding hydrogens is 238 g/mol. The van der Waals surface area contributed by atoms with Gasteiger partial charge in [-0.25, -0.2) is 0 Å². The first-order valence-corrected chi connectivity index (χ1v) is 8.91. The summed E-state index contributed by atoms with van der Waals surface area (Å²) in [5, 5.41) is 0. The minimum absolute atomic E-state index is 0. The van der Waals surface area contributed by atoms with E-state index in [1.807, 2.05) is 20.8 Å². The molecule has 0 saturated heterocycles. The first-order valence-electron chi connectivity index (χ1n) is 2.26. The van der Waals surface area contributed by atoms with Crippen LogP contribution in [-0.4, -0.2) is 5.54 Å². The van der Waals surface area contributed by atoms with Crippen LogP contribution >= 0.6 is 18.4 Å². The Hall–Kier alpha value is 1.12. The van der Waals surface area contributed by atoms with Gasteiger partial charge in [-0.3, -0.25) is 0 Å². The van der Waals surface area contributed by atoms with Crippen LogP contribution in [0.3, 0.4) is 0 Å². The molecule has 0 aliphatic heterocycles. The molecule has 0 aromatic carbocycles. The monoisotopic (exact) mass is 249 g/mol. The third kappa shape index (κ3) is 12.3. The molecule has 0 aromatic rings. The third-order valence-corrected chi connectivity index (χ3v) is 3.12. The van der Waals surface area contributed by atoms with Gasteiger partial charge in [-0.2, -0.15) is 0 Å². The van der Waals surface area contributed by atoms with Crippen LogP contribution < -0.4 is 0 Å². The fraction of sp³-hybridized carbons (Fsp3) is 0.800. The number of halogens is 2. The van der Waals surface area contributed by atoms with E-state index in [1.54, 1.807) is 0 Å². The molecule has 0 N–H and O–H groups in total. The van der Waals surface area contributed by atoms with Crippen molar-refractivity contribution in [2.45, 2.75) is 26.3 Å². The molecule has 1 nitrogen and oxygen atoms in total. The van der Waals surface area contributed by atoms with Crippen LogP contribution in [0.25, 0.3) is 0 Å². The molecule has 0 aliphatic carbocycles. The van der Waals surface area contributed by atoms with Gasteiger partial charge in [0.2, 0.25) is 0 Å². The second-order valence-electron chi connectivity index (χ2n) is 2.49. The van der Waals surface area contributed by atoms with Crippen molar-refractivity contribution >= 4 is 18.4 Å². The van der Waals surface area contributed by atoms with Gasteiger partial charge < -0.3 is 7.43 Å². The van der Waals surface area contributed by atoms with Crippen molar-refractivity contribution in [3.8, 4) is 0 Å². The van der Waals surface area contributed by atoms with Crippen molar-refractivity contribution in [1.82, 2.24) is 0 Å². The Balaban J connectivity index is 0. The van der Waals surface area contributed by atoms with Crippen LogP contribution in [0.15, 0.2) is 3.34 Å². The Morgan fingerprint density at radius 2 is 1.56 bits per heavy atom. The van der Waals surface area contributed by atoms with Gasteiger partial charge in [0.25, 0.3) is 0 Å². The summed E-state index contributed by atoms with van der Waals surface area (Å²) >= 11 is -2.09. The van der Waals surface area contributed by atoms with Gasteiger partial charge in [0.1, 0.15) is 0 Å². The fourth-order valence-corrected chi connectivity index (χ4v) is 4.02. The van der Waals surface area contributed by atoms with E-state index >= 15 is 0 Å². The molecule has 0 spiro atoms. The second-order valence-corrected chi connectivity index (χ2v) is 8.85. The molecule has 0 aliphatic rings. The zero-order valence-corrected chi connectivity index (χ0v) is 9.86. The Labute approximate surface area is 71.4 Å². The summed E-state index contributed by atoms with van der Waals surface area (Å²) in [6.45, 7) is 5.98. The average Bonchev–Trinajstić information content (AvgIpc) is 1.21. The number of rotatable bonds is 0. The van der Waals surface area contributed by atoms with E-state index in [4.69, 9.17) is 18.4 Å². The molecule has 9 heavy (non-hydrogen) atoms. The third-order valence-electron chi connectivity index (χ3n) is 0.376. The van der Waals surface area contributed by atoms with Crippen molar-refractivity contribution in [3.05, 3.63) is 7.43 Å². The first-order chi connectivity index (χ1) is 3.42. The van der Waals surface area contributed by atoms with Crippen LogP contribution in [0.2, 0.25) is 0 Å². The number of hydrogen-bond acceptors (Lipinski definition) is 1. The molecule has 57 valence electrons. The van der Waals surface area contributed by atoms with E-state index in [-0.39, 0.29) is 13.0 Å². The van der Waals surface area contributed by atoms with E-state index in [2.05, 4.69) is 3.34 Å². The Kier molecular flexibility index (Phi) is 6.90. The summed E-state index contributed by atoms with van der Waals surface area (Å²) in [5.74, 6) is 0. The Morgan fingerprint density at radius 3 is 1.56 bits per heavy atom. The number of hydrogen-bond donors (Lipinski definition) is 0. The van der Waals surface area contributed by atoms with Crippen molar-refractivity contribution in [2.24, 2.45) is 3.34 Å². The average molecular weight is 250 g/mol. The van der Waals surface area contributed by atoms with Crippen LogP contribution in [0.5, 0.6) is 0 Å². The molecule has 0 amide bonds. The Bertz CT molecular complexity index is 102. The topological polar surface area (TPSA) is 12.4 Å². The summed E-state index contributed by atoms with van der Waals surface area (Å²) in [6, 6.07) is 0. The summed E-state index contributed by atoms with van der Waals surface area (Å²) < 4.78 is 4.12. The molecule has 0 fully saturated rings. The van der Waals surface area contributed by atoms with E-state index in [9.17, 15) is 0 Å². The van der Waals surface area contributed by atoms with E-state index in [1.165, 1.54) is 0 Å². The van der Waals surface area contributed by atoms with Crippen molar-refractivity contribution in [3.63, 3.8) is 0 Å². The zero-order chi connectivity index (χ0) is 6.78. The molecule has 0 unspecified atom stereocenters. The molecule has 0 rings (SSSR count). The van der Waals surface area contributed by atoms with Gasteiger partial charge in [-0.05, 0) is 0 Å². The molecule has 0 aromatic heterocycles. The summed E-state index contributed by atoms with van der Waals surface area (Å²) in [5.41, 5.74) is -0.0354. The van der Waals surface area contributed by atoms with Crippen molar-refractivity contribution in [1.29, 1.82) is 0 Å². The van der Waals surface area contributed by atoms with Gasteiger partial charge in [-0.1, -0.05) is 0 Å². The molecule has 4 heteroatoms. The summed E-state index contributed by atoms with van der Waals surface area (Å²) in [4.78, 5) is 0. The maximum atomic E-state index is 5.54. The summed E-state index contributed by atoms with van der Waals surface area (Å²) in [6.07, 6.45) is 0. The second kappa shape index (κ2) is 4.86. The van der Waals surface area contributed by atoms with Crippen molar-refractivity contribution < 1.29 is 16.1 Å². The van der Waals surface area contributed by atoms with Crippen molar-refractivity contribution in [2.75, 3.05) is 0 Å². The minimum atomic E-state index is -2.09. The van der Waals surface area contributed by atoms with Gasteiger partial charge in [0.15, 0.2) is 0 Å². The fourth-order valence-electron chi connectivity index (χ4n) is 0.227. The van der Waals surface area contributed by atoms with Crippen LogP contribution in [0.1, 0.15) is 20.8 Å². The molecule has 0 bridgehead atoms. The van der Waals surface area contributed by atoms with Crippen LogP contribution in [0.4, 0.5) is 0 Å². The maximum Gasteiger partial charge on any atom is -0.358 e. The van der Waals surface area contributed by atoms with E-state index in [0.29, 0.717) is 0 Å². The largest absolute Gasteiger partial charge is 0.358 e. The first kappa shape index (κ1) is 12.8. The smallest absolute Gasteiger partial charge is 0.358 e. The van der Waals surface area contributed by atoms with Crippen LogP contribution in [0, 0.1) is 7.43 Å². The molecule has 0 atom stereocenters. The predicted octanol–water partition coefficient (Wildman–Crippen LogP) is 3.34. The van der Waals surface area contributed by atoms with E-state index < -0.39 is 16.1 Å². The normalized spacial score (nSPS) is 9.89.